The smallest absolute Gasteiger partial charge is 0.328 e. The lowest BCUT2D eigenvalue weighted by atomic mass is 10.2. The van der Waals surface area contributed by atoms with Crippen LogP contribution >= 0.6 is 8.60 Å². The molecule has 0 aliphatic rings. The molecule has 0 atom stereocenters. The molecule has 4 nitrogen and oxygen atoms in total. The van der Waals surface area contributed by atoms with Crippen LogP contribution in [0.1, 0.15) is 13.8 Å². The third kappa shape index (κ3) is 17.7. The third-order valence-corrected chi connectivity index (χ3v) is 1.44. The Morgan fingerprint density at radius 3 is 1.91 bits per heavy atom. The second-order valence-electron chi connectivity index (χ2n) is 1.20. The van der Waals surface area contributed by atoms with Crippen molar-refractivity contribution in [1.29, 1.82) is 5.26 Å². The first-order valence-corrected chi connectivity index (χ1v) is 4.20. The number of hydrogen-bond donors (Lipinski definition) is 1. The number of nitrogens with zero attached hydrogens (tertiary/aromatic N) is 1. The van der Waals surface area contributed by atoms with Gasteiger partial charge in [0.2, 0.25) is 7.85 Å². The molecule has 0 fully saturated rings. The Morgan fingerprint density at radius 2 is 1.73 bits per heavy atom. The third-order valence-electron chi connectivity index (χ3n) is 0.479. The summed E-state index contributed by atoms with van der Waals surface area (Å²) < 4.78 is 9.36. The molecular weight excluding hydrogens is 164 g/mol. The minimum Gasteiger partial charge on any atom is -0.328 e. The van der Waals surface area contributed by atoms with E-state index in [1.165, 1.54) is 5.97 Å². The highest BCUT2D eigenvalue weighted by Gasteiger charge is 2.00. The second-order valence-corrected chi connectivity index (χ2v) is 2.19. The van der Waals surface area contributed by atoms with E-state index in [0.29, 0.717) is 13.2 Å². The van der Waals surface area contributed by atoms with Crippen molar-refractivity contribution in [2.75, 3.05) is 13.2 Å². The highest BCUT2D eigenvalue weighted by atomic mass is 31.2. The van der Waals surface area contributed by atoms with Crippen LogP contribution < -0.4 is 0 Å². The molecule has 0 aliphatic heterocycles. The molecule has 0 saturated carbocycles. The van der Waals surface area contributed by atoms with E-state index in [4.69, 9.17) is 10.2 Å². The Bertz CT molecular complexity index is 102. The first kappa shape index (κ1) is 13.5. The molecule has 0 unspecified atom stereocenters. The maximum atomic E-state index is 8.67. The molecule has 0 amide bonds. The van der Waals surface area contributed by atoms with Crippen molar-refractivity contribution in [3.63, 3.8) is 0 Å². The van der Waals surface area contributed by atoms with Crippen LogP contribution in [0.15, 0.2) is 0 Å². The van der Waals surface area contributed by atoms with E-state index >= 15 is 0 Å². The van der Waals surface area contributed by atoms with Crippen LogP contribution in [0.4, 0.5) is 0 Å². The Kier molecular flexibility index (Phi) is 15.3. The lowest BCUT2D eigenvalue weighted by Crippen LogP contribution is -1.87. The van der Waals surface area contributed by atoms with Crippen LogP contribution in [-0.4, -0.2) is 26.0 Å². The molecule has 0 heterocycles. The van der Waals surface area contributed by atoms with Gasteiger partial charge in [0, 0.05) is 0 Å². The van der Waals surface area contributed by atoms with E-state index < -0.39 is 8.60 Å². The zero-order valence-electron chi connectivity index (χ0n) is 6.65. The summed E-state index contributed by atoms with van der Waals surface area (Å²) in [6, 6.07) is 0. The van der Waals surface area contributed by atoms with Gasteiger partial charge in [0.1, 0.15) is 0 Å². The largest absolute Gasteiger partial charge is 0.329 e. The first-order chi connectivity index (χ1) is 5.22. The van der Waals surface area contributed by atoms with Gasteiger partial charge in [-0.3, -0.25) is 0 Å². The monoisotopic (exact) mass is 175 g/mol. The highest BCUT2D eigenvalue weighted by molar-refractivity contribution is 7.40. The minimum atomic E-state index is -1.58. The van der Waals surface area contributed by atoms with Gasteiger partial charge in [0.25, 0.3) is 0 Å². The molecule has 0 bridgehead atoms. The van der Waals surface area contributed by atoms with E-state index in [9.17, 15) is 0 Å². The van der Waals surface area contributed by atoms with E-state index in [0.717, 1.165) is 0 Å². The van der Waals surface area contributed by atoms with Crippen molar-refractivity contribution in [2.45, 2.75) is 13.8 Å². The standard InChI is InChI=1S/C4H11O3P.CBN/c1-3-6-8(5)7-4-2;2-1-3/h5H,3-4H2,1-2H3;. The van der Waals surface area contributed by atoms with E-state index in [1.807, 2.05) is 13.8 Å². The summed E-state index contributed by atoms with van der Waals surface area (Å²) in [6.45, 7) is 4.62. The fourth-order valence-electron chi connectivity index (χ4n) is 0.258. The molecular formula is C5H11BNO3P. The van der Waals surface area contributed by atoms with Gasteiger partial charge in [-0.1, -0.05) is 0 Å². The van der Waals surface area contributed by atoms with Crippen LogP contribution in [0.25, 0.3) is 0 Å². The number of nitriles is 1. The topological polar surface area (TPSA) is 62.5 Å². The van der Waals surface area contributed by atoms with Crippen molar-refractivity contribution in [3.8, 4) is 5.97 Å². The van der Waals surface area contributed by atoms with Crippen LogP contribution in [0, 0.1) is 11.2 Å². The first-order valence-electron chi connectivity index (χ1n) is 3.07. The van der Waals surface area contributed by atoms with Crippen LogP contribution in [0.3, 0.4) is 0 Å². The maximum Gasteiger partial charge on any atom is 0.329 e. The van der Waals surface area contributed by atoms with Gasteiger partial charge >= 0.3 is 8.60 Å². The normalized spacial score (nSPS) is 8.27. The van der Waals surface area contributed by atoms with Crippen molar-refractivity contribution >= 4 is 16.4 Å². The van der Waals surface area contributed by atoms with Gasteiger partial charge in [0.05, 0.1) is 13.2 Å². The second kappa shape index (κ2) is 12.5. The van der Waals surface area contributed by atoms with Crippen LogP contribution in [-0.2, 0) is 9.05 Å². The van der Waals surface area contributed by atoms with Gasteiger partial charge in [-0.25, -0.2) is 5.26 Å². The zero-order chi connectivity index (χ0) is 9.11. The van der Waals surface area contributed by atoms with E-state index in [2.05, 4.69) is 16.9 Å². The maximum absolute atomic E-state index is 8.67. The average molecular weight is 175 g/mol. The molecule has 0 aromatic rings. The molecule has 0 aromatic heterocycles. The van der Waals surface area contributed by atoms with Crippen molar-refractivity contribution in [1.82, 2.24) is 0 Å². The lowest BCUT2D eigenvalue weighted by Gasteiger charge is -2.05. The Labute approximate surface area is 69.5 Å². The Hall–Kier alpha value is -0.135. The van der Waals surface area contributed by atoms with Gasteiger partial charge in [-0.05, 0) is 19.8 Å². The van der Waals surface area contributed by atoms with E-state index in [-0.39, 0.29) is 0 Å². The quantitative estimate of drug-likeness (QED) is 0.509. The summed E-state index contributed by atoms with van der Waals surface area (Å²) in [4.78, 5) is 8.67. The molecule has 0 aromatic carbocycles. The SMILES string of the molecule is CCOP(O)OCC.[B]C#N. The summed E-state index contributed by atoms with van der Waals surface area (Å²) in [6.07, 6.45) is 0. The van der Waals surface area contributed by atoms with E-state index in [1.54, 1.807) is 0 Å². The van der Waals surface area contributed by atoms with Gasteiger partial charge in [0.15, 0.2) is 0 Å². The van der Waals surface area contributed by atoms with Crippen LogP contribution in [0.2, 0.25) is 0 Å². The predicted molar refractivity (Wildman–Crippen MR) is 43.8 cm³/mol. The molecule has 0 aliphatic carbocycles. The fourth-order valence-corrected chi connectivity index (χ4v) is 0.774. The molecule has 2 radical (unpaired) electrons. The summed E-state index contributed by atoms with van der Waals surface area (Å²) in [5.41, 5.74) is 0. The molecule has 0 saturated heterocycles. The summed E-state index contributed by atoms with van der Waals surface area (Å²) in [5.74, 6) is 1.25. The van der Waals surface area contributed by atoms with Crippen molar-refractivity contribution < 1.29 is 13.9 Å². The highest BCUT2D eigenvalue weighted by Crippen LogP contribution is 2.31. The van der Waals surface area contributed by atoms with Crippen molar-refractivity contribution in [2.24, 2.45) is 0 Å². The molecule has 6 heteroatoms. The predicted octanol–water partition coefficient (Wildman–Crippen LogP) is 0.915. The Morgan fingerprint density at radius 1 is 1.45 bits per heavy atom. The van der Waals surface area contributed by atoms with Crippen molar-refractivity contribution in [3.05, 3.63) is 0 Å². The van der Waals surface area contributed by atoms with Gasteiger partial charge < -0.3 is 13.9 Å². The zero-order valence-corrected chi connectivity index (χ0v) is 7.54. The molecule has 0 rings (SSSR count). The van der Waals surface area contributed by atoms with Crippen LogP contribution in [0.5, 0.6) is 0 Å². The number of hydrogen-bond acceptors (Lipinski definition) is 4. The Balaban J connectivity index is 0. The summed E-state index contributed by atoms with van der Waals surface area (Å²) >= 11 is 0. The molecule has 62 valence electrons. The van der Waals surface area contributed by atoms with Gasteiger partial charge in [-0.2, -0.15) is 0 Å². The molecule has 0 spiro atoms. The number of rotatable bonds is 4. The minimum absolute atomic E-state index is 0.502. The summed E-state index contributed by atoms with van der Waals surface area (Å²) in [5, 5.41) is 7.10. The lowest BCUT2D eigenvalue weighted by molar-refractivity contribution is 0.216. The average Bonchev–Trinajstić information content (AvgIpc) is 1.90. The molecule has 11 heavy (non-hydrogen) atoms. The fraction of sp³-hybridized carbons (Fsp3) is 0.800. The summed E-state index contributed by atoms with van der Waals surface area (Å²) in [7, 11) is 2.57. The van der Waals surface area contributed by atoms with Gasteiger partial charge in [-0.15, -0.1) is 0 Å². The molecule has 1 N–H and O–H groups in total.